The maximum absolute atomic E-state index is 14.1. The lowest BCUT2D eigenvalue weighted by Gasteiger charge is -2.20. The smallest absolute Gasteiger partial charge is 0.222 e. The monoisotopic (exact) mass is 290 g/mol. The van der Waals surface area contributed by atoms with Crippen molar-refractivity contribution in [3.63, 3.8) is 0 Å². The second-order valence-corrected chi connectivity index (χ2v) is 5.10. The number of rotatable bonds is 5. The predicted molar refractivity (Wildman–Crippen MR) is 77.9 cm³/mol. The summed E-state index contributed by atoms with van der Waals surface area (Å²) in [4.78, 5) is 16.2. The second kappa shape index (κ2) is 6.49. The number of imidazole rings is 1. The molecule has 21 heavy (non-hydrogen) atoms. The van der Waals surface area contributed by atoms with E-state index in [9.17, 15) is 9.18 Å². The zero-order chi connectivity index (χ0) is 15.4. The number of hydrogen-bond donors (Lipinski definition) is 2. The summed E-state index contributed by atoms with van der Waals surface area (Å²) >= 11 is 0. The van der Waals surface area contributed by atoms with Gasteiger partial charge in [0.05, 0.1) is 0 Å². The molecule has 0 radical (unpaired) electrons. The Morgan fingerprint density at radius 2 is 2.19 bits per heavy atom. The van der Waals surface area contributed by atoms with Crippen LogP contribution in [0.3, 0.4) is 0 Å². The Labute approximate surface area is 123 Å². The van der Waals surface area contributed by atoms with Crippen molar-refractivity contribution in [3.05, 3.63) is 53.9 Å². The molecule has 0 fully saturated rings. The quantitative estimate of drug-likeness (QED) is 0.876. The van der Waals surface area contributed by atoms with E-state index in [-0.39, 0.29) is 24.2 Å². The molecule has 1 amide bonds. The van der Waals surface area contributed by atoms with Crippen molar-refractivity contribution < 1.29 is 9.18 Å². The molecular formula is C15H19FN4O. The number of nitrogens with two attached hydrogens (primary N) is 1. The topological polar surface area (TPSA) is 72.9 Å². The molecule has 2 aromatic rings. The first-order chi connectivity index (χ1) is 9.99. The third-order valence-corrected chi connectivity index (χ3v) is 3.15. The van der Waals surface area contributed by atoms with E-state index in [0.29, 0.717) is 11.4 Å². The average molecular weight is 290 g/mol. The van der Waals surface area contributed by atoms with Crippen molar-refractivity contribution in [1.82, 2.24) is 14.9 Å². The van der Waals surface area contributed by atoms with E-state index in [1.165, 1.54) is 6.07 Å². The fourth-order valence-electron chi connectivity index (χ4n) is 2.16. The number of benzene rings is 1. The summed E-state index contributed by atoms with van der Waals surface area (Å²) in [5, 5.41) is 2.81. The zero-order valence-corrected chi connectivity index (χ0v) is 12.1. The summed E-state index contributed by atoms with van der Waals surface area (Å²) in [5.74, 6) is -0.0500. The van der Waals surface area contributed by atoms with Crippen molar-refractivity contribution in [2.75, 3.05) is 0 Å². The first-order valence-corrected chi connectivity index (χ1v) is 6.75. The molecule has 0 aliphatic rings. The second-order valence-electron chi connectivity index (χ2n) is 5.10. The number of carbonyl (C=O) groups excluding carboxylic acids is 1. The van der Waals surface area contributed by atoms with Crippen LogP contribution in [-0.4, -0.2) is 21.5 Å². The molecule has 1 aromatic carbocycles. The van der Waals surface area contributed by atoms with Gasteiger partial charge >= 0.3 is 0 Å². The van der Waals surface area contributed by atoms with Crippen LogP contribution in [0.4, 0.5) is 4.39 Å². The van der Waals surface area contributed by atoms with Gasteiger partial charge in [-0.3, -0.25) is 4.79 Å². The number of aryl methyl sites for hydroxylation is 1. The molecule has 0 saturated heterocycles. The number of carbonyl (C=O) groups is 1. The van der Waals surface area contributed by atoms with Gasteiger partial charge in [0, 0.05) is 37.5 Å². The molecule has 0 saturated carbocycles. The summed E-state index contributed by atoms with van der Waals surface area (Å²) in [6.07, 6.45) is 3.54. The highest BCUT2D eigenvalue weighted by Crippen LogP contribution is 2.23. The molecule has 1 aromatic heterocycles. The van der Waals surface area contributed by atoms with Crippen LogP contribution in [0.25, 0.3) is 0 Å². The SMILES string of the molecule is CC(N)CC(=O)NC(c1ccccc1F)c1nccn1C. The highest BCUT2D eigenvalue weighted by Gasteiger charge is 2.23. The molecule has 3 N–H and O–H groups in total. The van der Waals surface area contributed by atoms with Crippen LogP contribution < -0.4 is 11.1 Å². The summed E-state index contributed by atoms with van der Waals surface area (Å²) in [5.41, 5.74) is 6.01. The lowest BCUT2D eigenvalue weighted by Crippen LogP contribution is -2.35. The molecule has 2 unspecified atom stereocenters. The van der Waals surface area contributed by atoms with Crippen LogP contribution in [0, 0.1) is 5.82 Å². The molecule has 2 atom stereocenters. The molecule has 1 heterocycles. The van der Waals surface area contributed by atoms with Crippen LogP contribution in [-0.2, 0) is 11.8 Å². The van der Waals surface area contributed by atoms with Gasteiger partial charge in [0.1, 0.15) is 17.7 Å². The van der Waals surface area contributed by atoms with Crippen LogP contribution in [0.5, 0.6) is 0 Å². The van der Waals surface area contributed by atoms with E-state index < -0.39 is 6.04 Å². The first-order valence-electron chi connectivity index (χ1n) is 6.75. The van der Waals surface area contributed by atoms with Crippen molar-refractivity contribution in [2.24, 2.45) is 12.8 Å². The van der Waals surface area contributed by atoms with Crippen molar-refractivity contribution >= 4 is 5.91 Å². The third-order valence-electron chi connectivity index (χ3n) is 3.15. The Morgan fingerprint density at radius 1 is 1.48 bits per heavy atom. The van der Waals surface area contributed by atoms with Crippen LogP contribution in [0.15, 0.2) is 36.7 Å². The minimum Gasteiger partial charge on any atom is -0.342 e. The average Bonchev–Trinajstić information content (AvgIpc) is 2.82. The van der Waals surface area contributed by atoms with E-state index in [0.717, 1.165) is 0 Å². The number of aromatic nitrogens is 2. The normalized spacial score (nSPS) is 13.7. The van der Waals surface area contributed by atoms with E-state index in [4.69, 9.17) is 5.73 Å². The Bertz CT molecular complexity index is 624. The van der Waals surface area contributed by atoms with Gasteiger partial charge in [-0.2, -0.15) is 0 Å². The van der Waals surface area contributed by atoms with Gasteiger partial charge in [-0.15, -0.1) is 0 Å². The molecule has 2 rings (SSSR count). The van der Waals surface area contributed by atoms with Gasteiger partial charge in [-0.25, -0.2) is 9.37 Å². The molecule has 0 spiro atoms. The van der Waals surface area contributed by atoms with Gasteiger partial charge in [-0.1, -0.05) is 18.2 Å². The van der Waals surface area contributed by atoms with Crippen molar-refractivity contribution in [2.45, 2.75) is 25.4 Å². The standard InChI is InChI=1S/C15H19FN4O/c1-10(17)9-13(21)19-14(15-18-7-8-20(15)2)11-5-3-4-6-12(11)16/h3-8,10,14H,9,17H2,1-2H3,(H,19,21). The van der Waals surface area contributed by atoms with Crippen LogP contribution >= 0.6 is 0 Å². The summed E-state index contributed by atoms with van der Waals surface area (Å²) in [6.45, 7) is 1.75. The molecule has 5 nitrogen and oxygen atoms in total. The molecule has 6 heteroatoms. The van der Waals surface area contributed by atoms with Gasteiger partial charge < -0.3 is 15.6 Å². The minimum absolute atomic E-state index is 0.176. The molecular weight excluding hydrogens is 271 g/mol. The Hall–Kier alpha value is -2.21. The maximum atomic E-state index is 14.1. The van der Waals surface area contributed by atoms with E-state index in [1.807, 2.05) is 0 Å². The minimum atomic E-state index is -0.641. The fraction of sp³-hybridized carbons (Fsp3) is 0.333. The van der Waals surface area contributed by atoms with Crippen LogP contribution in [0.1, 0.15) is 30.8 Å². The highest BCUT2D eigenvalue weighted by molar-refractivity contribution is 5.77. The number of nitrogens with zero attached hydrogens (tertiary/aromatic N) is 2. The summed E-state index contributed by atoms with van der Waals surface area (Å²) in [7, 11) is 1.80. The van der Waals surface area contributed by atoms with Gasteiger partial charge in [0.15, 0.2) is 0 Å². The number of hydrogen-bond acceptors (Lipinski definition) is 3. The van der Waals surface area contributed by atoms with E-state index in [2.05, 4.69) is 10.3 Å². The van der Waals surface area contributed by atoms with Gasteiger partial charge in [0.25, 0.3) is 0 Å². The first kappa shape index (κ1) is 15.2. The molecule has 112 valence electrons. The maximum Gasteiger partial charge on any atom is 0.222 e. The predicted octanol–water partition coefficient (Wildman–Crippen LogP) is 1.50. The van der Waals surface area contributed by atoms with Gasteiger partial charge in [0.2, 0.25) is 5.91 Å². The third kappa shape index (κ3) is 3.66. The fourth-order valence-corrected chi connectivity index (χ4v) is 2.16. The number of amides is 1. The summed E-state index contributed by atoms with van der Waals surface area (Å²) < 4.78 is 15.8. The molecule has 0 aliphatic carbocycles. The lowest BCUT2D eigenvalue weighted by molar-refractivity contribution is -0.121. The van der Waals surface area contributed by atoms with E-state index >= 15 is 0 Å². The largest absolute Gasteiger partial charge is 0.342 e. The van der Waals surface area contributed by atoms with E-state index in [1.54, 1.807) is 49.1 Å². The molecule has 0 aliphatic heterocycles. The van der Waals surface area contributed by atoms with Crippen LogP contribution in [0.2, 0.25) is 0 Å². The van der Waals surface area contributed by atoms with Gasteiger partial charge in [-0.05, 0) is 13.0 Å². The van der Waals surface area contributed by atoms with Crippen molar-refractivity contribution in [3.8, 4) is 0 Å². The highest BCUT2D eigenvalue weighted by atomic mass is 19.1. The lowest BCUT2D eigenvalue weighted by atomic mass is 10.0. The Morgan fingerprint density at radius 3 is 2.76 bits per heavy atom. The summed E-state index contributed by atoms with van der Waals surface area (Å²) in [6, 6.07) is 5.44. The zero-order valence-electron chi connectivity index (χ0n) is 12.1. The Balaban J connectivity index is 2.34. The Kier molecular flexibility index (Phi) is 4.70. The number of nitrogens with one attached hydrogen (secondary N) is 1. The van der Waals surface area contributed by atoms with Crippen molar-refractivity contribution in [1.29, 1.82) is 0 Å². The molecule has 0 bridgehead atoms. The number of halogens is 1.